The van der Waals surface area contributed by atoms with E-state index < -0.39 is 0 Å². The molecule has 0 spiro atoms. The summed E-state index contributed by atoms with van der Waals surface area (Å²) in [5.74, 6) is 0.996. The Hall–Kier alpha value is -2.66. The molecule has 6 heteroatoms. The van der Waals surface area contributed by atoms with Gasteiger partial charge in [0, 0.05) is 18.9 Å². The Balaban J connectivity index is 1.52. The summed E-state index contributed by atoms with van der Waals surface area (Å²) in [6.07, 6.45) is 5.53. The van der Waals surface area contributed by atoms with E-state index in [9.17, 15) is 4.79 Å². The van der Waals surface area contributed by atoms with Crippen LogP contribution in [0.2, 0.25) is 5.02 Å². The molecule has 1 N–H and O–H groups in total. The molecule has 0 saturated carbocycles. The summed E-state index contributed by atoms with van der Waals surface area (Å²) in [6.45, 7) is 2.42. The van der Waals surface area contributed by atoms with Crippen LogP contribution in [-0.2, 0) is 17.6 Å². The minimum Gasteiger partial charge on any atom is -0.441 e. The van der Waals surface area contributed by atoms with Crippen LogP contribution in [0.25, 0.3) is 11.5 Å². The van der Waals surface area contributed by atoms with Crippen LogP contribution in [-0.4, -0.2) is 22.4 Å². The minimum atomic E-state index is -0.0710. The Kier molecular flexibility index (Phi) is 6.02. The molecule has 0 aliphatic rings. The molecule has 134 valence electrons. The first-order chi connectivity index (χ1) is 12.6. The predicted molar refractivity (Wildman–Crippen MR) is 101 cm³/mol. The third-order valence-corrected chi connectivity index (χ3v) is 4.34. The molecule has 3 aromatic rings. The number of carbonyl (C=O) groups excluding carboxylic acids is 1. The van der Waals surface area contributed by atoms with E-state index in [2.05, 4.69) is 15.3 Å². The van der Waals surface area contributed by atoms with Gasteiger partial charge in [-0.1, -0.05) is 29.8 Å². The van der Waals surface area contributed by atoms with Crippen molar-refractivity contribution in [1.29, 1.82) is 0 Å². The van der Waals surface area contributed by atoms with Gasteiger partial charge in [-0.05, 0) is 43.5 Å². The van der Waals surface area contributed by atoms with Crippen molar-refractivity contribution in [3.63, 3.8) is 0 Å². The summed E-state index contributed by atoms with van der Waals surface area (Å²) < 4.78 is 5.68. The minimum absolute atomic E-state index is 0.0710. The fourth-order valence-corrected chi connectivity index (χ4v) is 2.84. The third kappa shape index (κ3) is 4.70. The molecule has 1 amide bonds. The summed E-state index contributed by atoms with van der Waals surface area (Å²) in [7, 11) is 0. The van der Waals surface area contributed by atoms with Crippen molar-refractivity contribution in [3.05, 3.63) is 70.8 Å². The zero-order valence-electron chi connectivity index (χ0n) is 14.5. The van der Waals surface area contributed by atoms with Gasteiger partial charge in [0.15, 0.2) is 0 Å². The summed E-state index contributed by atoms with van der Waals surface area (Å²) in [6, 6.07) is 11.3. The van der Waals surface area contributed by atoms with Gasteiger partial charge in [-0.25, -0.2) is 4.98 Å². The van der Waals surface area contributed by atoms with Crippen molar-refractivity contribution in [2.45, 2.75) is 26.2 Å². The zero-order valence-corrected chi connectivity index (χ0v) is 15.3. The van der Waals surface area contributed by atoms with Crippen molar-refractivity contribution < 1.29 is 9.21 Å². The quantitative estimate of drug-likeness (QED) is 0.639. The summed E-state index contributed by atoms with van der Waals surface area (Å²) in [5, 5.41) is 3.49. The van der Waals surface area contributed by atoms with Crippen molar-refractivity contribution in [1.82, 2.24) is 15.3 Å². The highest BCUT2D eigenvalue weighted by molar-refractivity contribution is 6.33. The van der Waals surface area contributed by atoms with Gasteiger partial charge in [-0.2, -0.15) is 0 Å². The second kappa shape index (κ2) is 8.63. The molecule has 0 bridgehead atoms. The maximum absolute atomic E-state index is 12.2. The van der Waals surface area contributed by atoms with Crippen molar-refractivity contribution in [3.8, 4) is 11.5 Å². The van der Waals surface area contributed by atoms with E-state index in [1.165, 1.54) is 5.56 Å². The molecular weight excluding hydrogens is 350 g/mol. The van der Waals surface area contributed by atoms with Gasteiger partial charge in [-0.15, -0.1) is 0 Å². The Morgan fingerprint density at radius 2 is 2.08 bits per heavy atom. The maximum atomic E-state index is 12.2. The van der Waals surface area contributed by atoms with Gasteiger partial charge in [0.25, 0.3) is 0 Å². The number of rotatable bonds is 7. The number of pyridine rings is 1. The van der Waals surface area contributed by atoms with E-state index >= 15 is 0 Å². The summed E-state index contributed by atoms with van der Waals surface area (Å²) in [4.78, 5) is 20.7. The van der Waals surface area contributed by atoms with Crippen LogP contribution in [0.1, 0.15) is 23.4 Å². The first-order valence-corrected chi connectivity index (χ1v) is 8.88. The average Bonchev–Trinajstić information content (AvgIpc) is 3.00. The Morgan fingerprint density at radius 3 is 2.85 bits per heavy atom. The van der Waals surface area contributed by atoms with Gasteiger partial charge < -0.3 is 9.73 Å². The lowest BCUT2D eigenvalue weighted by Gasteiger charge is -2.04. The molecule has 0 aliphatic heterocycles. The van der Waals surface area contributed by atoms with Crippen LogP contribution >= 0.6 is 11.6 Å². The molecule has 26 heavy (non-hydrogen) atoms. The Bertz CT molecular complexity index is 878. The normalized spacial score (nSPS) is 10.7. The summed E-state index contributed by atoms with van der Waals surface area (Å²) in [5.41, 5.74) is 2.52. The molecule has 0 saturated heterocycles. The van der Waals surface area contributed by atoms with Crippen molar-refractivity contribution >= 4 is 17.5 Å². The van der Waals surface area contributed by atoms with Gasteiger partial charge in [0.2, 0.25) is 11.8 Å². The van der Waals surface area contributed by atoms with E-state index in [0.29, 0.717) is 28.9 Å². The van der Waals surface area contributed by atoms with Gasteiger partial charge in [-0.3, -0.25) is 9.78 Å². The highest BCUT2D eigenvalue weighted by atomic mass is 35.5. The topological polar surface area (TPSA) is 68.0 Å². The van der Waals surface area contributed by atoms with Crippen LogP contribution in [0.15, 0.2) is 53.2 Å². The molecule has 2 heterocycles. The lowest BCUT2D eigenvalue weighted by Crippen LogP contribution is -2.26. The fourth-order valence-electron chi connectivity index (χ4n) is 2.62. The predicted octanol–water partition coefficient (Wildman–Crippen LogP) is 3.99. The number of hydrogen-bond acceptors (Lipinski definition) is 4. The van der Waals surface area contributed by atoms with Crippen LogP contribution < -0.4 is 5.32 Å². The molecule has 0 atom stereocenters. The second-order valence-corrected chi connectivity index (χ2v) is 6.40. The first kappa shape index (κ1) is 18.1. The Morgan fingerprint density at radius 1 is 1.23 bits per heavy atom. The molecule has 0 aliphatic carbocycles. The van der Waals surface area contributed by atoms with Crippen LogP contribution in [0.4, 0.5) is 0 Å². The number of benzene rings is 1. The number of oxazole rings is 1. The molecule has 5 nitrogen and oxygen atoms in total. The highest BCUT2D eigenvalue weighted by Crippen LogP contribution is 2.28. The number of aryl methyl sites for hydroxylation is 2. The van der Waals surface area contributed by atoms with Crippen LogP contribution in [0.3, 0.4) is 0 Å². The van der Waals surface area contributed by atoms with E-state index in [0.717, 1.165) is 18.4 Å². The SMILES string of the molecule is Cc1oc(-c2ccccc2Cl)nc1CC(=O)NCCCc1cccnc1. The highest BCUT2D eigenvalue weighted by Gasteiger charge is 2.16. The standard InChI is InChI=1S/C20H20ClN3O2/c1-14-18(24-20(26-14)16-8-2-3-9-17(16)21)12-19(25)23-11-5-7-15-6-4-10-22-13-15/h2-4,6,8-10,13H,5,7,11-12H2,1H3,(H,23,25). The molecule has 0 unspecified atom stereocenters. The number of nitrogens with zero attached hydrogens (tertiary/aromatic N) is 2. The molecule has 1 aromatic carbocycles. The molecule has 3 rings (SSSR count). The lowest BCUT2D eigenvalue weighted by molar-refractivity contribution is -0.120. The van der Waals surface area contributed by atoms with Crippen molar-refractivity contribution in [2.75, 3.05) is 6.54 Å². The third-order valence-electron chi connectivity index (χ3n) is 4.01. The first-order valence-electron chi connectivity index (χ1n) is 8.50. The monoisotopic (exact) mass is 369 g/mol. The number of aromatic nitrogens is 2. The second-order valence-electron chi connectivity index (χ2n) is 5.99. The largest absolute Gasteiger partial charge is 0.441 e. The van der Waals surface area contributed by atoms with E-state index in [4.69, 9.17) is 16.0 Å². The molecular formula is C20H20ClN3O2. The number of carbonyl (C=O) groups is 1. The van der Waals surface area contributed by atoms with Crippen LogP contribution in [0, 0.1) is 6.92 Å². The molecule has 0 fully saturated rings. The van der Waals surface area contributed by atoms with Gasteiger partial charge in [0.1, 0.15) is 5.76 Å². The number of hydrogen-bond donors (Lipinski definition) is 1. The average molecular weight is 370 g/mol. The van der Waals surface area contributed by atoms with Gasteiger partial charge >= 0.3 is 0 Å². The number of halogens is 1. The Labute approximate surface area is 157 Å². The van der Waals surface area contributed by atoms with Crippen LogP contribution in [0.5, 0.6) is 0 Å². The smallest absolute Gasteiger partial charge is 0.228 e. The molecule has 2 aromatic heterocycles. The van der Waals surface area contributed by atoms with E-state index in [-0.39, 0.29) is 12.3 Å². The lowest BCUT2D eigenvalue weighted by atomic mass is 10.1. The number of amides is 1. The zero-order chi connectivity index (χ0) is 18.4. The number of nitrogens with one attached hydrogen (secondary N) is 1. The van der Waals surface area contributed by atoms with Gasteiger partial charge in [0.05, 0.1) is 22.7 Å². The maximum Gasteiger partial charge on any atom is 0.228 e. The van der Waals surface area contributed by atoms with Crippen molar-refractivity contribution in [2.24, 2.45) is 0 Å². The summed E-state index contributed by atoms with van der Waals surface area (Å²) >= 11 is 6.18. The van der Waals surface area contributed by atoms with E-state index in [1.54, 1.807) is 19.2 Å². The fraction of sp³-hybridized carbons (Fsp3) is 0.250. The van der Waals surface area contributed by atoms with E-state index in [1.807, 2.05) is 36.5 Å². The molecule has 0 radical (unpaired) electrons.